The van der Waals surface area contributed by atoms with Crippen molar-refractivity contribution < 1.29 is 4.79 Å². The molecular weight excluding hydrogens is 248 g/mol. The van der Waals surface area contributed by atoms with E-state index in [4.69, 9.17) is 0 Å². The second-order valence-corrected chi connectivity index (χ2v) is 4.96. The Morgan fingerprint density at radius 2 is 1.35 bits per heavy atom. The molecule has 2 aromatic carbocycles. The number of hydrogen-bond donors (Lipinski definition) is 2. The van der Waals surface area contributed by atoms with Gasteiger partial charge in [-0.05, 0) is 38.1 Å². The van der Waals surface area contributed by atoms with Crippen LogP contribution in [0.15, 0.2) is 48.5 Å². The molecule has 2 aromatic rings. The Kier molecular flexibility index (Phi) is 4.77. The fraction of sp³-hybridized carbons (Fsp3) is 0.235. The summed E-state index contributed by atoms with van der Waals surface area (Å²) in [4.78, 5) is 11.8. The lowest BCUT2D eigenvalue weighted by atomic mass is 10.2. The highest BCUT2D eigenvalue weighted by Gasteiger charge is 2.02. The third-order valence-corrected chi connectivity index (χ3v) is 3.07. The van der Waals surface area contributed by atoms with Crippen molar-refractivity contribution in [2.45, 2.75) is 20.3 Å². The van der Waals surface area contributed by atoms with Gasteiger partial charge in [-0.2, -0.15) is 0 Å². The first-order valence-electron chi connectivity index (χ1n) is 6.80. The van der Waals surface area contributed by atoms with Gasteiger partial charge in [0.1, 0.15) is 0 Å². The van der Waals surface area contributed by atoms with Crippen LogP contribution in [0.5, 0.6) is 0 Å². The summed E-state index contributed by atoms with van der Waals surface area (Å²) in [6, 6.07) is 15.9. The van der Waals surface area contributed by atoms with Crippen LogP contribution in [-0.4, -0.2) is 12.5 Å². The van der Waals surface area contributed by atoms with Gasteiger partial charge in [0.2, 0.25) is 5.91 Å². The minimum atomic E-state index is 0.0217. The highest BCUT2D eigenvalue weighted by molar-refractivity contribution is 5.90. The number of aryl methyl sites for hydroxylation is 2. The van der Waals surface area contributed by atoms with Crippen LogP contribution in [0, 0.1) is 13.8 Å². The number of hydrogen-bond acceptors (Lipinski definition) is 2. The van der Waals surface area contributed by atoms with Crippen molar-refractivity contribution in [1.29, 1.82) is 0 Å². The van der Waals surface area contributed by atoms with Crippen LogP contribution in [0.1, 0.15) is 17.5 Å². The molecule has 0 radical (unpaired) electrons. The Balaban J connectivity index is 1.75. The lowest BCUT2D eigenvalue weighted by Gasteiger charge is -2.08. The van der Waals surface area contributed by atoms with E-state index in [9.17, 15) is 4.79 Å². The maximum Gasteiger partial charge on any atom is 0.226 e. The normalized spacial score (nSPS) is 10.1. The first kappa shape index (κ1) is 14.1. The van der Waals surface area contributed by atoms with Gasteiger partial charge in [0.15, 0.2) is 0 Å². The fourth-order valence-corrected chi connectivity index (χ4v) is 1.85. The van der Waals surface area contributed by atoms with Crippen LogP contribution in [0.25, 0.3) is 0 Å². The predicted octanol–water partition coefficient (Wildman–Crippen LogP) is 3.74. The van der Waals surface area contributed by atoms with Crippen LogP contribution in [0.3, 0.4) is 0 Å². The zero-order valence-corrected chi connectivity index (χ0v) is 11.9. The average molecular weight is 268 g/mol. The highest BCUT2D eigenvalue weighted by Crippen LogP contribution is 2.10. The minimum absolute atomic E-state index is 0.0217. The zero-order valence-electron chi connectivity index (χ0n) is 11.9. The third kappa shape index (κ3) is 4.43. The van der Waals surface area contributed by atoms with Crippen molar-refractivity contribution in [3.05, 3.63) is 59.7 Å². The molecule has 2 rings (SSSR count). The molecule has 20 heavy (non-hydrogen) atoms. The Morgan fingerprint density at radius 3 is 1.90 bits per heavy atom. The van der Waals surface area contributed by atoms with Crippen LogP contribution >= 0.6 is 0 Å². The van der Waals surface area contributed by atoms with Crippen molar-refractivity contribution in [2.75, 3.05) is 17.2 Å². The molecule has 3 heteroatoms. The lowest BCUT2D eigenvalue weighted by molar-refractivity contribution is -0.115. The number of amides is 1. The highest BCUT2D eigenvalue weighted by atomic mass is 16.1. The summed E-state index contributed by atoms with van der Waals surface area (Å²) in [5, 5.41) is 6.12. The summed E-state index contributed by atoms with van der Waals surface area (Å²) >= 11 is 0. The molecule has 0 fully saturated rings. The monoisotopic (exact) mass is 268 g/mol. The van der Waals surface area contributed by atoms with Crippen LogP contribution < -0.4 is 10.6 Å². The second-order valence-electron chi connectivity index (χ2n) is 4.96. The predicted molar refractivity (Wildman–Crippen MR) is 84.1 cm³/mol. The Labute approximate surface area is 120 Å². The van der Waals surface area contributed by atoms with E-state index in [1.165, 1.54) is 11.1 Å². The number of anilines is 2. The maximum atomic E-state index is 11.8. The minimum Gasteiger partial charge on any atom is -0.385 e. The molecule has 0 saturated carbocycles. The van der Waals surface area contributed by atoms with Gasteiger partial charge in [-0.25, -0.2) is 0 Å². The Morgan fingerprint density at radius 1 is 0.850 bits per heavy atom. The first-order valence-corrected chi connectivity index (χ1v) is 6.80. The molecule has 0 aliphatic heterocycles. The summed E-state index contributed by atoms with van der Waals surface area (Å²) < 4.78 is 0. The summed E-state index contributed by atoms with van der Waals surface area (Å²) in [5.41, 5.74) is 4.30. The molecule has 0 saturated heterocycles. The molecule has 0 heterocycles. The van der Waals surface area contributed by atoms with Gasteiger partial charge in [-0.3, -0.25) is 4.79 Å². The van der Waals surface area contributed by atoms with E-state index >= 15 is 0 Å². The number of nitrogens with one attached hydrogen (secondary N) is 2. The van der Waals surface area contributed by atoms with Crippen LogP contribution in [-0.2, 0) is 4.79 Å². The number of carbonyl (C=O) groups excluding carboxylic acids is 1. The number of benzene rings is 2. The maximum absolute atomic E-state index is 11.8. The molecule has 3 nitrogen and oxygen atoms in total. The van der Waals surface area contributed by atoms with E-state index in [1.54, 1.807) is 0 Å². The summed E-state index contributed by atoms with van der Waals surface area (Å²) in [6.07, 6.45) is 0.446. The Hall–Kier alpha value is -2.29. The Bertz CT molecular complexity index is 559. The molecule has 0 aliphatic carbocycles. The molecule has 104 valence electrons. The van der Waals surface area contributed by atoms with Gasteiger partial charge in [-0.15, -0.1) is 0 Å². The van der Waals surface area contributed by atoms with E-state index in [2.05, 4.69) is 29.7 Å². The van der Waals surface area contributed by atoms with Gasteiger partial charge in [0.05, 0.1) is 0 Å². The van der Waals surface area contributed by atoms with Crippen molar-refractivity contribution >= 4 is 17.3 Å². The van der Waals surface area contributed by atoms with E-state index in [0.29, 0.717) is 13.0 Å². The molecule has 0 atom stereocenters. The van der Waals surface area contributed by atoms with E-state index in [0.717, 1.165) is 11.4 Å². The van der Waals surface area contributed by atoms with Gasteiger partial charge in [0, 0.05) is 24.3 Å². The van der Waals surface area contributed by atoms with Crippen molar-refractivity contribution in [2.24, 2.45) is 0 Å². The van der Waals surface area contributed by atoms with Crippen molar-refractivity contribution in [1.82, 2.24) is 0 Å². The molecule has 0 unspecified atom stereocenters. The van der Waals surface area contributed by atoms with Crippen molar-refractivity contribution in [3.63, 3.8) is 0 Å². The number of rotatable bonds is 5. The third-order valence-electron chi connectivity index (χ3n) is 3.07. The smallest absolute Gasteiger partial charge is 0.226 e. The fourth-order valence-electron chi connectivity index (χ4n) is 1.85. The SMILES string of the molecule is Cc1ccc(NCCC(=O)Nc2ccc(C)cc2)cc1. The van der Waals surface area contributed by atoms with Gasteiger partial charge in [0.25, 0.3) is 0 Å². The quantitative estimate of drug-likeness (QED) is 0.867. The van der Waals surface area contributed by atoms with Gasteiger partial charge >= 0.3 is 0 Å². The summed E-state index contributed by atoms with van der Waals surface area (Å²) in [7, 11) is 0. The molecule has 1 amide bonds. The second kappa shape index (κ2) is 6.75. The molecule has 0 aliphatic rings. The zero-order chi connectivity index (χ0) is 14.4. The molecule has 0 spiro atoms. The molecule has 2 N–H and O–H groups in total. The largest absolute Gasteiger partial charge is 0.385 e. The van der Waals surface area contributed by atoms with E-state index in [1.807, 2.05) is 43.3 Å². The van der Waals surface area contributed by atoms with E-state index in [-0.39, 0.29) is 5.91 Å². The molecule has 0 bridgehead atoms. The summed E-state index contributed by atoms with van der Waals surface area (Å²) in [5.74, 6) is 0.0217. The first-order chi connectivity index (χ1) is 9.63. The van der Waals surface area contributed by atoms with Gasteiger partial charge < -0.3 is 10.6 Å². The lowest BCUT2D eigenvalue weighted by Crippen LogP contribution is -2.16. The van der Waals surface area contributed by atoms with Crippen LogP contribution in [0.2, 0.25) is 0 Å². The number of carbonyl (C=O) groups is 1. The topological polar surface area (TPSA) is 41.1 Å². The van der Waals surface area contributed by atoms with E-state index < -0.39 is 0 Å². The standard InChI is InChI=1S/C17H20N2O/c1-13-3-7-15(8-4-13)18-12-11-17(20)19-16-9-5-14(2)6-10-16/h3-10,18H,11-12H2,1-2H3,(H,19,20). The van der Waals surface area contributed by atoms with Crippen LogP contribution in [0.4, 0.5) is 11.4 Å². The van der Waals surface area contributed by atoms with Crippen molar-refractivity contribution in [3.8, 4) is 0 Å². The summed E-state index contributed by atoms with van der Waals surface area (Å²) in [6.45, 7) is 4.71. The molecular formula is C17H20N2O. The van der Waals surface area contributed by atoms with Gasteiger partial charge in [-0.1, -0.05) is 35.4 Å². The average Bonchev–Trinajstić information content (AvgIpc) is 2.44. The molecule has 0 aromatic heterocycles.